The number of carbonyl (C=O) groups excluding carboxylic acids is 1. The molecule has 23 heavy (non-hydrogen) atoms. The second kappa shape index (κ2) is 8.76. The van der Waals surface area contributed by atoms with E-state index in [0.29, 0.717) is 12.5 Å². The van der Waals surface area contributed by atoms with Crippen LogP contribution in [-0.4, -0.2) is 33.7 Å². The molecule has 1 N–H and O–H groups in total. The zero-order valence-electron chi connectivity index (χ0n) is 13.5. The van der Waals surface area contributed by atoms with Crippen molar-refractivity contribution < 1.29 is 13.2 Å². The van der Waals surface area contributed by atoms with Crippen LogP contribution in [-0.2, 0) is 14.8 Å². The number of hydrogen-bond donors (Lipinski definition) is 1. The zero-order chi connectivity index (χ0) is 17.6. The molecule has 0 aromatic heterocycles. The Morgan fingerprint density at radius 3 is 2.30 bits per heavy atom. The van der Waals surface area contributed by atoms with Crippen LogP contribution in [0.1, 0.15) is 26.7 Å². The first kappa shape index (κ1) is 20.1. The molecule has 8 heteroatoms. The molecular formula is C15H22Cl2N2O3S. The van der Waals surface area contributed by atoms with E-state index in [1.54, 1.807) is 18.2 Å². The quantitative estimate of drug-likeness (QED) is 0.751. The second-order valence-electron chi connectivity index (χ2n) is 5.69. The molecule has 130 valence electrons. The molecule has 1 rings (SSSR count). The van der Waals surface area contributed by atoms with Crippen LogP contribution in [0.15, 0.2) is 18.2 Å². The standard InChI is InChI=1S/C15H22Cl2N2O3S/c1-11(2)7-9-18-14(20)8-10-19(23(3,21)22)15-12(16)5-4-6-13(15)17/h4-6,11H,7-10H2,1-3H3,(H,18,20). The molecule has 0 spiro atoms. The molecule has 0 aliphatic rings. The molecular weight excluding hydrogens is 359 g/mol. The first-order valence-electron chi connectivity index (χ1n) is 7.31. The van der Waals surface area contributed by atoms with E-state index in [2.05, 4.69) is 19.2 Å². The van der Waals surface area contributed by atoms with Gasteiger partial charge >= 0.3 is 0 Å². The van der Waals surface area contributed by atoms with Gasteiger partial charge in [0.2, 0.25) is 15.9 Å². The van der Waals surface area contributed by atoms with Crippen molar-refractivity contribution in [3.63, 3.8) is 0 Å². The Bertz CT molecular complexity index is 628. The zero-order valence-corrected chi connectivity index (χ0v) is 15.8. The maximum Gasteiger partial charge on any atom is 0.232 e. The predicted octanol–water partition coefficient (Wildman–Crippen LogP) is 3.31. The highest BCUT2D eigenvalue weighted by Gasteiger charge is 2.23. The summed E-state index contributed by atoms with van der Waals surface area (Å²) in [4.78, 5) is 11.9. The summed E-state index contributed by atoms with van der Waals surface area (Å²) in [6, 6.07) is 4.75. The Balaban J connectivity index is 2.81. The Morgan fingerprint density at radius 1 is 1.26 bits per heavy atom. The van der Waals surface area contributed by atoms with E-state index >= 15 is 0 Å². The van der Waals surface area contributed by atoms with Crippen LogP contribution in [0.2, 0.25) is 10.0 Å². The van der Waals surface area contributed by atoms with Gasteiger partial charge in [-0.1, -0.05) is 43.1 Å². The third-order valence-corrected chi connectivity index (χ3v) is 4.95. The average Bonchev–Trinajstić information content (AvgIpc) is 2.40. The van der Waals surface area contributed by atoms with Crippen molar-refractivity contribution in [3.05, 3.63) is 28.2 Å². The van der Waals surface area contributed by atoms with Gasteiger partial charge in [0.05, 0.1) is 22.0 Å². The lowest BCUT2D eigenvalue weighted by atomic mass is 10.1. The minimum absolute atomic E-state index is 0.0181. The molecule has 0 saturated heterocycles. The van der Waals surface area contributed by atoms with Gasteiger partial charge in [-0.25, -0.2) is 8.42 Å². The molecule has 0 bridgehead atoms. The molecule has 0 fully saturated rings. The van der Waals surface area contributed by atoms with E-state index in [0.717, 1.165) is 17.0 Å². The number of benzene rings is 1. The Kier molecular flexibility index (Phi) is 7.64. The van der Waals surface area contributed by atoms with Crippen LogP contribution in [0.5, 0.6) is 0 Å². The van der Waals surface area contributed by atoms with Gasteiger partial charge in [0.25, 0.3) is 0 Å². The predicted molar refractivity (Wildman–Crippen MR) is 95.7 cm³/mol. The number of amides is 1. The van der Waals surface area contributed by atoms with Crippen LogP contribution >= 0.6 is 23.2 Å². The number of carbonyl (C=O) groups is 1. The summed E-state index contributed by atoms with van der Waals surface area (Å²) in [5, 5.41) is 3.23. The van der Waals surface area contributed by atoms with Crippen LogP contribution in [0.25, 0.3) is 0 Å². The molecule has 0 heterocycles. The lowest BCUT2D eigenvalue weighted by Gasteiger charge is -2.24. The van der Waals surface area contributed by atoms with Crippen molar-refractivity contribution >= 4 is 44.8 Å². The average molecular weight is 381 g/mol. The maximum absolute atomic E-state index is 12.0. The first-order chi connectivity index (χ1) is 10.6. The highest BCUT2D eigenvalue weighted by atomic mass is 35.5. The summed E-state index contributed by atoms with van der Waals surface area (Å²) in [6.07, 6.45) is 1.97. The number of sulfonamides is 1. The van der Waals surface area contributed by atoms with Crippen molar-refractivity contribution in [2.45, 2.75) is 26.7 Å². The fraction of sp³-hybridized carbons (Fsp3) is 0.533. The van der Waals surface area contributed by atoms with Crippen molar-refractivity contribution in [2.75, 3.05) is 23.7 Å². The van der Waals surface area contributed by atoms with Crippen LogP contribution < -0.4 is 9.62 Å². The first-order valence-corrected chi connectivity index (χ1v) is 9.91. The van der Waals surface area contributed by atoms with Crippen LogP contribution in [0, 0.1) is 5.92 Å². The van der Waals surface area contributed by atoms with Gasteiger partial charge in [-0.3, -0.25) is 9.10 Å². The number of nitrogens with one attached hydrogen (secondary N) is 1. The van der Waals surface area contributed by atoms with Gasteiger partial charge in [-0.15, -0.1) is 0 Å². The summed E-state index contributed by atoms with van der Waals surface area (Å²) in [6.45, 7) is 4.69. The van der Waals surface area contributed by atoms with Crippen molar-refractivity contribution in [2.24, 2.45) is 5.92 Å². The lowest BCUT2D eigenvalue weighted by Crippen LogP contribution is -2.35. The van der Waals surface area contributed by atoms with Gasteiger partial charge < -0.3 is 5.32 Å². The van der Waals surface area contributed by atoms with E-state index in [1.807, 2.05) is 0 Å². The third-order valence-electron chi connectivity index (χ3n) is 3.17. The molecule has 1 aromatic rings. The maximum atomic E-state index is 12.0. The minimum Gasteiger partial charge on any atom is -0.356 e. The summed E-state index contributed by atoms with van der Waals surface area (Å²) < 4.78 is 25.1. The Morgan fingerprint density at radius 2 is 1.83 bits per heavy atom. The summed E-state index contributed by atoms with van der Waals surface area (Å²) >= 11 is 12.1. The number of rotatable bonds is 8. The van der Waals surface area contributed by atoms with Crippen molar-refractivity contribution in [1.82, 2.24) is 5.32 Å². The molecule has 0 radical (unpaired) electrons. The van der Waals surface area contributed by atoms with Gasteiger partial charge in [0.15, 0.2) is 0 Å². The number of halogens is 2. The molecule has 0 aliphatic carbocycles. The Hall–Kier alpha value is -0.980. The lowest BCUT2D eigenvalue weighted by molar-refractivity contribution is -0.120. The Labute approximate surface area is 148 Å². The van der Waals surface area contributed by atoms with Crippen LogP contribution in [0.4, 0.5) is 5.69 Å². The van der Waals surface area contributed by atoms with Gasteiger partial charge in [0.1, 0.15) is 0 Å². The fourth-order valence-corrected chi connectivity index (χ4v) is 3.62. The van der Waals surface area contributed by atoms with Crippen molar-refractivity contribution in [3.8, 4) is 0 Å². The van der Waals surface area contributed by atoms with E-state index < -0.39 is 10.0 Å². The largest absolute Gasteiger partial charge is 0.356 e. The van der Waals surface area contributed by atoms with Crippen LogP contribution in [0.3, 0.4) is 0 Å². The summed E-state index contributed by atoms with van der Waals surface area (Å²) in [5.41, 5.74) is 0.202. The molecule has 1 amide bonds. The van der Waals surface area contributed by atoms with E-state index in [4.69, 9.17) is 23.2 Å². The topological polar surface area (TPSA) is 66.5 Å². The minimum atomic E-state index is -3.61. The van der Waals surface area contributed by atoms with E-state index in [1.165, 1.54) is 0 Å². The summed E-state index contributed by atoms with van der Waals surface area (Å²) in [7, 11) is -3.61. The van der Waals surface area contributed by atoms with Gasteiger partial charge in [-0.2, -0.15) is 0 Å². The molecule has 0 unspecified atom stereocenters. The number of nitrogens with zero attached hydrogens (tertiary/aromatic N) is 1. The fourth-order valence-electron chi connectivity index (χ4n) is 1.96. The van der Waals surface area contributed by atoms with E-state index in [9.17, 15) is 13.2 Å². The molecule has 0 aliphatic heterocycles. The second-order valence-corrected chi connectivity index (χ2v) is 8.41. The van der Waals surface area contributed by atoms with E-state index in [-0.39, 0.29) is 34.6 Å². The van der Waals surface area contributed by atoms with Crippen molar-refractivity contribution in [1.29, 1.82) is 0 Å². The SMILES string of the molecule is CC(C)CCNC(=O)CCN(c1c(Cl)cccc1Cl)S(C)(=O)=O. The third kappa shape index (κ3) is 6.57. The number of para-hydroxylation sites is 1. The summed E-state index contributed by atoms with van der Waals surface area (Å²) in [5.74, 6) is 0.284. The molecule has 0 atom stereocenters. The molecule has 5 nitrogen and oxygen atoms in total. The normalized spacial score (nSPS) is 11.6. The number of hydrogen-bond acceptors (Lipinski definition) is 3. The van der Waals surface area contributed by atoms with Gasteiger partial charge in [0, 0.05) is 19.5 Å². The molecule has 0 saturated carbocycles. The molecule has 1 aromatic carbocycles. The van der Waals surface area contributed by atoms with Gasteiger partial charge in [-0.05, 0) is 24.5 Å². The smallest absolute Gasteiger partial charge is 0.232 e. The highest BCUT2D eigenvalue weighted by Crippen LogP contribution is 2.34. The number of anilines is 1. The monoisotopic (exact) mass is 380 g/mol. The highest BCUT2D eigenvalue weighted by molar-refractivity contribution is 7.92.